The first-order valence-corrected chi connectivity index (χ1v) is 9.18. The van der Waals surface area contributed by atoms with Gasteiger partial charge in [-0.05, 0) is 30.7 Å². The molecule has 0 aromatic heterocycles. The third-order valence-electron chi connectivity index (χ3n) is 4.14. The second kappa shape index (κ2) is 6.85. The molecule has 0 saturated heterocycles. The molecule has 4 nitrogen and oxygen atoms in total. The number of sulfonamides is 1. The number of nitrogens with two attached hydrogens (primary N) is 1. The van der Waals surface area contributed by atoms with E-state index >= 15 is 0 Å². The van der Waals surface area contributed by atoms with Crippen LogP contribution in [0.1, 0.15) is 38.2 Å². The van der Waals surface area contributed by atoms with Gasteiger partial charge >= 0.3 is 0 Å². The van der Waals surface area contributed by atoms with Crippen molar-refractivity contribution in [2.45, 2.75) is 37.5 Å². The van der Waals surface area contributed by atoms with Crippen LogP contribution in [0.3, 0.4) is 0 Å². The van der Waals surface area contributed by atoms with E-state index in [0.717, 1.165) is 18.8 Å². The Hall–Kier alpha value is -0.980. The summed E-state index contributed by atoms with van der Waals surface area (Å²) in [7, 11) is -3.57. The van der Waals surface area contributed by atoms with Crippen molar-refractivity contribution >= 4 is 27.2 Å². The zero-order chi connectivity index (χ0) is 15.5. The van der Waals surface area contributed by atoms with Gasteiger partial charge in [-0.15, -0.1) is 0 Å². The van der Waals surface area contributed by atoms with Crippen LogP contribution < -0.4 is 10.5 Å². The molecule has 1 saturated carbocycles. The summed E-state index contributed by atoms with van der Waals surface area (Å²) in [5.41, 5.74) is 6.00. The molecule has 2 rings (SSSR count). The van der Waals surface area contributed by atoms with Gasteiger partial charge in [0.05, 0.1) is 4.90 Å². The Morgan fingerprint density at radius 1 is 1.29 bits per heavy atom. The minimum Gasteiger partial charge on any atom is -0.389 e. The van der Waals surface area contributed by atoms with E-state index < -0.39 is 10.0 Å². The smallest absolute Gasteiger partial charge is 0.241 e. The molecule has 1 fully saturated rings. The van der Waals surface area contributed by atoms with Gasteiger partial charge in [0.2, 0.25) is 10.0 Å². The maximum atomic E-state index is 12.4. The average Bonchev–Trinajstić information content (AvgIpc) is 2.47. The summed E-state index contributed by atoms with van der Waals surface area (Å²) in [5, 5.41) is 0. The molecule has 0 unspecified atom stereocenters. The quantitative estimate of drug-likeness (QED) is 0.815. The van der Waals surface area contributed by atoms with Crippen LogP contribution in [0.4, 0.5) is 0 Å². The van der Waals surface area contributed by atoms with Crippen LogP contribution in [0.5, 0.6) is 0 Å². The molecule has 3 N–H and O–H groups in total. The van der Waals surface area contributed by atoms with Gasteiger partial charge in [0.25, 0.3) is 0 Å². The van der Waals surface area contributed by atoms with Crippen molar-refractivity contribution in [2.75, 3.05) is 6.54 Å². The molecule has 6 heteroatoms. The number of rotatable bonds is 5. The Bertz CT molecular complexity index is 606. The van der Waals surface area contributed by atoms with E-state index in [1.54, 1.807) is 24.3 Å². The van der Waals surface area contributed by atoms with Crippen molar-refractivity contribution in [3.05, 3.63) is 29.8 Å². The van der Waals surface area contributed by atoms with Crippen molar-refractivity contribution in [2.24, 2.45) is 17.6 Å². The lowest BCUT2D eigenvalue weighted by atomic mass is 9.83. The Kier molecular flexibility index (Phi) is 5.35. The molecule has 0 aliphatic heterocycles. The maximum absolute atomic E-state index is 12.4. The van der Waals surface area contributed by atoms with Crippen LogP contribution >= 0.6 is 12.2 Å². The number of thiocarbonyl (C=S) groups is 1. The molecular formula is C15H22N2O2S2. The van der Waals surface area contributed by atoms with Gasteiger partial charge < -0.3 is 5.73 Å². The van der Waals surface area contributed by atoms with E-state index in [1.165, 1.54) is 12.8 Å². The SMILES string of the molecule is CC1CCC(CNS(=O)(=O)c2ccccc2C(N)=S)CC1. The largest absolute Gasteiger partial charge is 0.389 e. The van der Waals surface area contributed by atoms with Gasteiger partial charge in [-0.3, -0.25) is 0 Å². The summed E-state index contributed by atoms with van der Waals surface area (Å²) in [6, 6.07) is 6.59. The van der Waals surface area contributed by atoms with E-state index in [4.69, 9.17) is 18.0 Å². The van der Waals surface area contributed by atoms with Crippen LogP contribution in [0.15, 0.2) is 29.2 Å². The summed E-state index contributed by atoms with van der Waals surface area (Å²) in [6.07, 6.45) is 4.52. The Morgan fingerprint density at radius 3 is 2.52 bits per heavy atom. The standard InChI is InChI=1S/C15H22N2O2S2/c1-11-6-8-12(9-7-11)10-17-21(18,19)14-5-3-2-4-13(14)15(16)20/h2-5,11-12,17H,6-10H2,1H3,(H2,16,20). The van der Waals surface area contributed by atoms with Gasteiger partial charge in [-0.25, -0.2) is 13.1 Å². The van der Waals surface area contributed by atoms with Crippen molar-refractivity contribution in [3.63, 3.8) is 0 Å². The van der Waals surface area contributed by atoms with Crippen LogP contribution in [0.2, 0.25) is 0 Å². The second-order valence-corrected chi connectivity index (χ2v) is 8.01. The van der Waals surface area contributed by atoms with Gasteiger partial charge in [0.15, 0.2) is 0 Å². The Labute approximate surface area is 132 Å². The van der Waals surface area contributed by atoms with E-state index in [9.17, 15) is 8.42 Å². The van der Waals surface area contributed by atoms with Crippen molar-refractivity contribution in [1.29, 1.82) is 0 Å². The predicted molar refractivity (Wildman–Crippen MR) is 88.6 cm³/mol. The third kappa shape index (κ3) is 4.25. The summed E-state index contributed by atoms with van der Waals surface area (Å²) in [4.78, 5) is 0.268. The molecular weight excluding hydrogens is 304 g/mol. The zero-order valence-electron chi connectivity index (χ0n) is 12.2. The summed E-state index contributed by atoms with van der Waals surface area (Å²) in [5.74, 6) is 1.18. The Balaban J connectivity index is 2.07. The number of nitrogens with one attached hydrogen (secondary N) is 1. The highest BCUT2D eigenvalue weighted by Gasteiger charge is 2.23. The molecule has 1 aliphatic carbocycles. The first kappa shape index (κ1) is 16.4. The van der Waals surface area contributed by atoms with Gasteiger partial charge in [0.1, 0.15) is 4.99 Å². The molecule has 1 aromatic carbocycles. The van der Waals surface area contributed by atoms with E-state index in [2.05, 4.69) is 11.6 Å². The monoisotopic (exact) mass is 326 g/mol. The molecule has 1 aromatic rings. The molecule has 0 heterocycles. The highest BCUT2D eigenvalue weighted by molar-refractivity contribution is 7.89. The number of benzene rings is 1. The molecule has 0 radical (unpaired) electrons. The summed E-state index contributed by atoms with van der Waals surface area (Å²) in [6.45, 7) is 2.74. The molecule has 0 amide bonds. The lowest BCUT2D eigenvalue weighted by Crippen LogP contribution is -2.32. The van der Waals surface area contributed by atoms with Crippen LogP contribution in [0, 0.1) is 11.8 Å². The van der Waals surface area contributed by atoms with Crippen molar-refractivity contribution in [1.82, 2.24) is 4.72 Å². The normalized spacial score (nSPS) is 22.9. The average molecular weight is 326 g/mol. The van der Waals surface area contributed by atoms with Crippen LogP contribution in [0.25, 0.3) is 0 Å². The molecule has 0 atom stereocenters. The minimum atomic E-state index is -3.57. The fraction of sp³-hybridized carbons (Fsp3) is 0.533. The number of hydrogen-bond acceptors (Lipinski definition) is 3. The first-order valence-electron chi connectivity index (χ1n) is 7.28. The molecule has 116 valence electrons. The lowest BCUT2D eigenvalue weighted by molar-refractivity contribution is 0.290. The van der Waals surface area contributed by atoms with Crippen LogP contribution in [-0.4, -0.2) is 20.0 Å². The van der Waals surface area contributed by atoms with Crippen molar-refractivity contribution < 1.29 is 8.42 Å². The van der Waals surface area contributed by atoms with Gasteiger partial charge in [-0.1, -0.05) is 50.2 Å². The summed E-state index contributed by atoms with van der Waals surface area (Å²) < 4.78 is 27.6. The fourth-order valence-electron chi connectivity index (χ4n) is 2.74. The number of hydrogen-bond donors (Lipinski definition) is 2. The molecule has 0 spiro atoms. The predicted octanol–water partition coefficient (Wildman–Crippen LogP) is 2.43. The molecule has 21 heavy (non-hydrogen) atoms. The van der Waals surface area contributed by atoms with Gasteiger partial charge in [0, 0.05) is 12.1 Å². The van der Waals surface area contributed by atoms with E-state index in [-0.39, 0.29) is 9.88 Å². The van der Waals surface area contributed by atoms with Crippen molar-refractivity contribution in [3.8, 4) is 0 Å². The summed E-state index contributed by atoms with van der Waals surface area (Å²) >= 11 is 4.93. The van der Waals surface area contributed by atoms with Crippen LogP contribution in [-0.2, 0) is 10.0 Å². The lowest BCUT2D eigenvalue weighted by Gasteiger charge is -2.26. The highest BCUT2D eigenvalue weighted by Crippen LogP contribution is 2.28. The van der Waals surface area contributed by atoms with E-state index in [0.29, 0.717) is 18.0 Å². The minimum absolute atomic E-state index is 0.0995. The third-order valence-corrected chi connectivity index (χ3v) is 5.84. The van der Waals surface area contributed by atoms with Gasteiger partial charge in [-0.2, -0.15) is 0 Å². The topological polar surface area (TPSA) is 72.2 Å². The molecule has 1 aliphatic rings. The Morgan fingerprint density at radius 2 is 1.90 bits per heavy atom. The highest BCUT2D eigenvalue weighted by atomic mass is 32.2. The maximum Gasteiger partial charge on any atom is 0.241 e. The first-order chi connectivity index (χ1) is 9.90. The second-order valence-electron chi connectivity index (χ2n) is 5.84. The fourth-order valence-corrected chi connectivity index (χ4v) is 4.32. The molecule has 0 bridgehead atoms. The zero-order valence-corrected chi connectivity index (χ0v) is 13.8. The van der Waals surface area contributed by atoms with E-state index in [1.807, 2.05) is 0 Å².